The first-order chi connectivity index (χ1) is 11.0. The average Bonchev–Trinajstić information content (AvgIpc) is 2.55. The molecular formula is C16H33IN4O2S. The number of halogens is 1. The number of rotatable bonds is 9. The number of hydrogen-bond donors (Lipinski definition) is 2. The van der Waals surface area contributed by atoms with Gasteiger partial charge in [0.15, 0.2) is 5.96 Å². The highest BCUT2D eigenvalue weighted by Crippen LogP contribution is 2.19. The van der Waals surface area contributed by atoms with Gasteiger partial charge in [0.2, 0.25) is 10.0 Å². The van der Waals surface area contributed by atoms with Crippen LogP contribution in [-0.4, -0.2) is 57.7 Å². The third kappa shape index (κ3) is 8.66. The average molecular weight is 472 g/mol. The Kier molecular flexibility index (Phi) is 12.7. The van der Waals surface area contributed by atoms with Crippen molar-refractivity contribution in [1.29, 1.82) is 0 Å². The molecule has 0 aromatic carbocycles. The maximum atomic E-state index is 12.1. The third-order valence-electron chi connectivity index (χ3n) is 4.10. The number of nitrogens with zero attached hydrogens (tertiary/aromatic N) is 2. The van der Waals surface area contributed by atoms with E-state index in [0.29, 0.717) is 25.6 Å². The van der Waals surface area contributed by atoms with E-state index >= 15 is 0 Å². The predicted octanol–water partition coefficient (Wildman–Crippen LogP) is 2.33. The molecule has 0 unspecified atom stereocenters. The van der Waals surface area contributed by atoms with Crippen LogP contribution in [0.15, 0.2) is 16.6 Å². The van der Waals surface area contributed by atoms with Gasteiger partial charge < -0.3 is 10.6 Å². The Balaban J connectivity index is 0.00000529. The Hall–Kier alpha value is -0.350. The zero-order valence-electron chi connectivity index (χ0n) is 15.2. The Labute approximate surface area is 164 Å². The van der Waals surface area contributed by atoms with Gasteiger partial charge in [-0.05, 0) is 32.1 Å². The molecule has 1 aliphatic rings. The van der Waals surface area contributed by atoms with E-state index in [1.54, 1.807) is 7.05 Å². The van der Waals surface area contributed by atoms with Crippen molar-refractivity contribution in [3.63, 3.8) is 0 Å². The lowest BCUT2D eigenvalue weighted by Gasteiger charge is -2.19. The minimum Gasteiger partial charge on any atom is -0.356 e. The molecular weight excluding hydrogens is 439 g/mol. The van der Waals surface area contributed by atoms with E-state index in [9.17, 15) is 8.42 Å². The lowest BCUT2D eigenvalue weighted by molar-refractivity contribution is 0.445. The molecule has 142 valence electrons. The van der Waals surface area contributed by atoms with Crippen molar-refractivity contribution in [2.75, 3.05) is 39.0 Å². The molecule has 24 heavy (non-hydrogen) atoms. The summed E-state index contributed by atoms with van der Waals surface area (Å²) in [5, 5.41) is 6.33. The van der Waals surface area contributed by atoms with Crippen molar-refractivity contribution in [3.05, 3.63) is 11.6 Å². The van der Waals surface area contributed by atoms with E-state index in [1.807, 2.05) is 13.8 Å². The smallest absolute Gasteiger partial charge is 0.215 e. The zero-order chi connectivity index (χ0) is 17.1. The molecule has 0 aromatic heterocycles. The van der Waals surface area contributed by atoms with Crippen LogP contribution in [0.5, 0.6) is 0 Å². The van der Waals surface area contributed by atoms with Crippen LogP contribution in [-0.2, 0) is 10.0 Å². The van der Waals surface area contributed by atoms with Crippen LogP contribution in [0, 0.1) is 0 Å². The molecule has 1 aliphatic carbocycles. The molecule has 0 amide bonds. The molecule has 0 aliphatic heterocycles. The fourth-order valence-corrected chi connectivity index (χ4v) is 4.14. The summed E-state index contributed by atoms with van der Waals surface area (Å²) in [6.07, 6.45) is 8.38. The highest BCUT2D eigenvalue weighted by atomic mass is 127. The van der Waals surface area contributed by atoms with Gasteiger partial charge in [-0.25, -0.2) is 12.7 Å². The van der Waals surface area contributed by atoms with Gasteiger partial charge in [0, 0.05) is 33.2 Å². The monoisotopic (exact) mass is 472 g/mol. The molecule has 6 nitrogen and oxygen atoms in total. The highest BCUT2D eigenvalue weighted by molar-refractivity contribution is 14.0. The summed E-state index contributed by atoms with van der Waals surface area (Å²) >= 11 is 0. The summed E-state index contributed by atoms with van der Waals surface area (Å²) in [7, 11) is -1.48. The van der Waals surface area contributed by atoms with Gasteiger partial charge in [-0.15, -0.1) is 24.0 Å². The second-order valence-electron chi connectivity index (χ2n) is 5.68. The van der Waals surface area contributed by atoms with E-state index in [2.05, 4.69) is 21.7 Å². The number of aliphatic imine (C=N–C) groups is 1. The quantitative estimate of drug-likeness (QED) is 0.234. The van der Waals surface area contributed by atoms with Crippen LogP contribution >= 0.6 is 24.0 Å². The molecule has 0 bridgehead atoms. The van der Waals surface area contributed by atoms with Gasteiger partial charge in [0.05, 0.1) is 5.75 Å². The summed E-state index contributed by atoms with van der Waals surface area (Å²) in [6, 6.07) is 0. The minimum atomic E-state index is -3.19. The van der Waals surface area contributed by atoms with Gasteiger partial charge in [-0.3, -0.25) is 4.99 Å². The molecule has 0 spiro atoms. The second kappa shape index (κ2) is 12.9. The van der Waals surface area contributed by atoms with Crippen LogP contribution < -0.4 is 10.6 Å². The standard InChI is InChI=1S/C16H32N4O2S.HI/c1-4-20(5-2)23(21,22)14-13-19-16(17-3)18-12-11-15-9-7-6-8-10-15;/h9H,4-8,10-14H2,1-3H3,(H2,17,18,19);1H. The van der Waals surface area contributed by atoms with Crippen LogP contribution in [0.2, 0.25) is 0 Å². The number of hydrogen-bond acceptors (Lipinski definition) is 3. The molecule has 0 saturated carbocycles. The third-order valence-corrected chi connectivity index (χ3v) is 6.12. The first kappa shape index (κ1) is 23.6. The molecule has 0 heterocycles. The van der Waals surface area contributed by atoms with Crippen molar-refractivity contribution in [2.24, 2.45) is 4.99 Å². The molecule has 0 fully saturated rings. The summed E-state index contributed by atoms with van der Waals surface area (Å²) in [6.45, 7) is 5.93. The van der Waals surface area contributed by atoms with Gasteiger partial charge in [0.25, 0.3) is 0 Å². The Bertz CT molecular complexity index is 502. The van der Waals surface area contributed by atoms with Crippen LogP contribution in [0.25, 0.3) is 0 Å². The van der Waals surface area contributed by atoms with E-state index in [1.165, 1.54) is 35.6 Å². The lowest BCUT2D eigenvalue weighted by Crippen LogP contribution is -2.42. The lowest BCUT2D eigenvalue weighted by atomic mass is 9.97. The molecule has 0 radical (unpaired) electrons. The Morgan fingerprint density at radius 1 is 1.21 bits per heavy atom. The van der Waals surface area contributed by atoms with E-state index in [0.717, 1.165) is 13.0 Å². The van der Waals surface area contributed by atoms with Crippen molar-refractivity contribution >= 4 is 40.0 Å². The van der Waals surface area contributed by atoms with Gasteiger partial charge in [-0.1, -0.05) is 25.5 Å². The van der Waals surface area contributed by atoms with E-state index in [4.69, 9.17) is 0 Å². The minimum absolute atomic E-state index is 0. The maximum absolute atomic E-state index is 12.1. The largest absolute Gasteiger partial charge is 0.356 e. The summed E-state index contributed by atoms with van der Waals surface area (Å²) in [5.41, 5.74) is 1.52. The number of guanidine groups is 1. The second-order valence-corrected chi connectivity index (χ2v) is 7.77. The van der Waals surface area contributed by atoms with Crippen LogP contribution in [0.3, 0.4) is 0 Å². The fraction of sp³-hybridized carbons (Fsp3) is 0.812. The highest BCUT2D eigenvalue weighted by Gasteiger charge is 2.18. The molecule has 0 saturated heterocycles. The number of allylic oxidation sites excluding steroid dienone is 1. The SMILES string of the molecule is CCN(CC)S(=O)(=O)CCNC(=NC)NCCC1=CCCCC1.I. The Morgan fingerprint density at radius 3 is 2.42 bits per heavy atom. The van der Waals surface area contributed by atoms with Crippen molar-refractivity contribution in [3.8, 4) is 0 Å². The van der Waals surface area contributed by atoms with Crippen molar-refractivity contribution < 1.29 is 8.42 Å². The summed E-state index contributed by atoms with van der Waals surface area (Å²) in [4.78, 5) is 4.14. The first-order valence-electron chi connectivity index (χ1n) is 8.63. The fourth-order valence-electron chi connectivity index (χ4n) is 2.74. The number of nitrogens with one attached hydrogen (secondary N) is 2. The summed E-state index contributed by atoms with van der Waals surface area (Å²) in [5.74, 6) is 0.747. The molecule has 0 atom stereocenters. The van der Waals surface area contributed by atoms with Gasteiger partial charge >= 0.3 is 0 Å². The van der Waals surface area contributed by atoms with Crippen molar-refractivity contribution in [2.45, 2.75) is 46.0 Å². The maximum Gasteiger partial charge on any atom is 0.215 e. The van der Waals surface area contributed by atoms with Gasteiger partial charge in [0.1, 0.15) is 0 Å². The first-order valence-corrected chi connectivity index (χ1v) is 10.2. The molecule has 0 aromatic rings. The predicted molar refractivity (Wildman–Crippen MR) is 113 cm³/mol. The molecule has 8 heteroatoms. The normalized spacial score (nSPS) is 15.7. The zero-order valence-corrected chi connectivity index (χ0v) is 18.3. The van der Waals surface area contributed by atoms with Crippen LogP contribution in [0.1, 0.15) is 46.0 Å². The van der Waals surface area contributed by atoms with Crippen LogP contribution in [0.4, 0.5) is 0 Å². The van der Waals surface area contributed by atoms with Crippen molar-refractivity contribution in [1.82, 2.24) is 14.9 Å². The molecule has 1 rings (SSSR count). The Morgan fingerprint density at radius 2 is 1.88 bits per heavy atom. The topological polar surface area (TPSA) is 73.8 Å². The van der Waals surface area contributed by atoms with E-state index < -0.39 is 10.0 Å². The molecule has 2 N–H and O–H groups in total. The van der Waals surface area contributed by atoms with E-state index in [-0.39, 0.29) is 29.7 Å². The van der Waals surface area contributed by atoms with Gasteiger partial charge in [-0.2, -0.15) is 0 Å². The number of sulfonamides is 1. The summed E-state index contributed by atoms with van der Waals surface area (Å²) < 4.78 is 25.7.